The molecule has 36 heavy (non-hydrogen) atoms. The van der Waals surface area contributed by atoms with Gasteiger partial charge in [-0.05, 0) is 62.1 Å². The summed E-state index contributed by atoms with van der Waals surface area (Å²) in [7, 11) is -3.64. The van der Waals surface area contributed by atoms with Gasteiger partial charge in [0.2, 0.25) is 10.0 Å². The van der Waals surface area contributed by atoms with E-state index in [2.05, 4.69) is 4.99 Å². The molecule has 1 aromatic heterocycles. The molecule has 1 aliphatic rings. The van der Waals surface area contributed by atoms with Crippen LogP contribution in [-0.4, -0.2) is 48.9 Å². The van der Waals surface area contributed by atoms with Gasteiger partial charge in [0.25, 0.3) is 5.91 Å². The SMILES string of the molecule is CCOC(=O)Cn1c(=NC(=O)c2ccc(S(=O)(=O)N3CCCC(C)C3)cc2)sc2ccc(Cl)c(Cl)c21. The number of piperidine rings is 1. The van der Waals surface area contributed by atoms with Crippen LogP contribution in [0.15, 0.2) is 46.3 Å². The molecule has 0 saturated carbocycles. The van der Waals surface area contributed by atoms with Crippen LogP contribution in [0.4, 0.5) is 0 Å². The number of hydrogen-bond donors (Lipinski definition) is 0. The van der Waals surface area contributed by atoms with Gasteiger partial charge in [0.15, 0.2) is 4.80 Å². The summed E-state index contributed by atoms with van der Waals surface area (Å²) in [6.45, 7) is 4.70. The van der Waals surface area contributed by atoms with Crippen molar-refractivity contribution in [3.8, 4) is 0 Å². The van der Waals surface area contributed by atoms with Crippen molar-refractivity contribution >= 4 is 66.7 Å². The summed E-state index contributed by atoms with van der Waals surface area (Å²) in [6.07, 6.45) is 1.83. The van der Waals surface area contributed by atoms with Crippen LogP contribution in [0.2, 0.25) is 10.0 Å². The van der Waals surface area contributed by atoms with Crippen molar-refractivity contribution in [2.24, 2.45) is 10.9 Å². The first kappa shape index (κ1) is 26.8. The van der Waals surface area contributed by atoms with E-state index < -0.39 is 21.9 Å². The van der Waals surface area contributed by atoms with Gasteiger partial charge in [-0.25, -0.2) is 8.42 Å². The maximum Gasteiger partial charge on any atom is 0.326 e. The first-order valence-corrected chi connectivity index (χ1v) is 14.4. The van der Waals surface area contributed by atoms with E-state index in [0.29, 0.717) is 34.2 Å². The Kier molecular flexibility index (Phi) is 8.21. The number of nitrogens with zero attached hydrogens (tertiary/aromatic N) is 3. The number of esters is 1. The highest BCUT2D eigenvalue weighted by Crippen LogP contribution is 2.32. The van der Waals surface area contributed by atoms with Crippen LogP contribution < -0.4 is 4.80 Å². The monoisotopic (exact) mass is 569 g/mol. The molecule has 2 heterocycles. The van der Waals surface area contributed by atoms with Crippen molar-refractivity contribution < 1.29 is 22.7 Å². The second kappa shape index (κ2) is 11.0. The molecular weight excluding hydrogens is 545 g/mol. The second-order valence-corrected chi connectivity index (χ2v) is 12.3. The normalized spacial score (nSPS) is 17.4. The van der Waals surface area contributed by atoms with Gasteiger partial charge in [0, 0.05) is 18.7 Å². The Labute approximate surface area is 223 Å². The van der Waals surface area contributed by atoms with Gasteiger partial charge in [-0.15, -0.1) is 0 Å². The minimum absolute atomic E-state index is 0.133. The molecular formula is C24H25Cl2N3O5S2. The van der Waals surface area contributed by atoms with E-state index >= 15 is 0 Å². The van der Waals surface area contributed by atoms with Crippen LogP contribution in [0, 0.1) is 5.92 Å². The highest BCUT2D eigenvalue weighted by Gasteiger charge is 2.28. The molecule has 1 saturated heterocycles. The van der Waals surface area contributed by atoms with Crippen LogP contribution in [0.3, 0.4) is 0 Å². The van der Waals surface area contributed by atoms with Crippen LogP contribution in [0.1, 0.15) is 37.0 Å². The lowest BCUT2D eigenvalue weighted by Gasteiger charge is -2.30. The minimum atomic E-state index is -3.64. The highest BCUT2D eigenvalue weighted by molar-refractivity contribution is 7.89. The number of thiazole rings is 1. The second-order valence-electron chi connectivity index (χ2n) is 8.54. The third-order valence-corrected chi connectivity index (χ3v) is 9.60. The van der Waals surface area contributed by atoms with E-state index in [1.807, 2.05) is 6.92 Å². The number of benzene rings is 2. The van der Waals surface area contributed by atoms with Gasteiger partial charge < -0.3 is 9.30 Å². The van der Waals surface area contributed by atoms with Crippen LogP contribution in [0.5, 0.6) is 0 Å². The fourth-order valence-electron chi connectivity index (χ4n) is 4.11. The van der Waals surface area contributed by atoms with E-state index in [1.165, 1.54) is 44.5 Å². The molecule has 1 unspecified atom stereocenters. The third-order valence-electron chi connectivity index (χ3n) is 5.88. The predicted octanol–water partition coefficient (Wildman–Crippen LogP) is 4.73. The summed E-state index contributed by atoms with van der Waals surface area (Å²) >= 11 is 13.8. The summed E-state index contributed by atoms with van der Waals surface area (Å²) in [5.74, 6) is -0.792. The predicted molar refractivity (Wildman–Crippen MR) is 140 cm³/mol. The van der Waals surface area contributed by atoms with E-state index in [4.69, 9.17) is 27.9 Å². The number of fused-ring (bicyclic) bond motifs is 1. The van der Waals surface area contributed by atoms with Crippen molar-refractivity contribution in [2.45, 2.75) is 38.1 Å². The summed E-state index contributed by atoms with van der Waals surface area (Å²) in [4.78, 5) is 29.8. The van der Waals surface area contributed by atoms with Crippen molar-refractivity contribution in [2.75, 3.05) is 19.7 Å². The highest BCUT2D eigenvalue weighted by atomic mass is 35.5. The fourth-order valence-corrected chi connectivity index (χ4v) is 7.22. The third kappa shape index (κ3) is 5.52. The number of hydrogen-bond acceptors (Lipinski definition) is 6. The standard InChI is InChI=1S/C24H25Cl2N3O5S2/c1-3-34-20(30)14-29-22-19(11-10-18(25)21(22)26)35-24(29)27-23(31)16-6-8-17(9-7-16)36(32,33)28-12-4-5-15(2)13-28/h6-11,15H,3-5,12-14H2,1-2H3. The molecule has 0 spiro atoms. The Balaban J connectivity index is 1.68. The smallest absolute Gasteiger partial charge is 0.326 e. The van der Waals surface area contributed by atoms with Crippen LogP contribution >= 0.6 is 34.5 Å². The van der Waals surface area contributed by atoms with Crippen LogP contribution in [0.25, 0.3) is 10.2 Å². The molecule has 0 aliphatic carbocycles. The molecule has 12 heteroatoms. The van der Waals surface area contributed by atoms with E-state index in [9.17, 15) is 18.0 Å². The van der Waals surface area contributed by atoms with Crippen molar-refractivity contribution in [3.05, 3.63) is 56.8 Å². The molecule has 2 aromatic carbocycles. The van der Waals surface area contributed by atoms with Gasteiger partial charge >= 0.3 is 5.97 Å². The number of ether oxygens (including phenoxy) is 1. The summed E-state index contributed by atoms with van der Waals surface area (Å²) in [6, 6.07) is 9.10. The number of aromatic nitrogens is 1. The molecule has 1 amide bonds. The van der Waals surface area contributed by atoms with Gasteiger partial charge in [-0.2, -0.15) is 9.30 Å². The number of carbonyl (C=O) groups excluding carboxylic acids is 2. The Hall–Kier alpha value is -2.24. The first-order chi connectivity index (χ1) is 17.1. The van der Waals surface area contributed by atoms with Gasteiger partial charge in [-0.3, -0.25) is 9.59 Å². The fraction of sp³-hybridized carbons (Fsp3) is 0.375. The summed E-state index contributed by atoms with van der Waals surface area (Å²) < 4.78 is 34.8. The van der Waals surface area contributed by atoms with E-state index in [1.54, 1.807) is 19.1 Å². The molecule has 8 nitrogen and oxygen atoms in total. The number of amides is 1. The number of rotatable bonds is 6. The van der Waals surface area contributed by atoms with Crippen LogP contribution in [-0.2, 0) is 26.1 Å². The zero-order valence-electron chi connectivity index (χ0n) is 19.7. The topological polar surface area (TPSA) is 98.0 Å². The lowest BCUT2D eigenvalue weighted by Crippen LogP contribution is -2.39. The average Bonchev–Trinajstić information content (AvgIpc) is 3.18. The maximum absolute atomic E-state index is 13.0. The van der Waals surface area contributed by atoms with Crippen molar-refractivity contribution in [1.82, 2.24) is 8.87 Å². The molecule has 1 fully saturated rings. The Morgan fingerprint density at radius 2 is 1.89 bits per heavy atom. The zero-order valence-corrected chi connectivity index (χ0v) is 22.9. The van der Waals surface area contributed by atoms with Gasteiger partial charge in [-0.1, -0.05) is 41.5 Å². The Morgan fingerprint density at radius 1 is 1.17 bits per heavy atom. The van der Waals surface area contributed by atoms with Crippen molar-refractivity contribution in [1.29, 1.82) is 0 Å². The number of sulfonamides is 1. The van der Waals surface area contributed by atoms with E-state index in [-0.39, 0.29) is 33.4 Å². The molecule has 0 radical (unpaired) electrons. The Morgan fingerprint density at radius 3 is 2.56 bits per heavy atom. The zero-order chi connectivity index (χ0) is 26.0. The minimum Gasteiger partial charge on any atom is -0.465 e. The summed E-state index contributed by atoms with van der Waals surface area (Å²) in [5, 5.41) is 0.544. The quantitative estimate of drug-likeness (QED) is 0.399. The largest absolute Gasteiger partial charge is 0.465 e. The van der Waals surface area contributed by atoms with Gasteiger partial charge in [0.1, 0.15) is 6.54 Å². The maximum atomic E-state index is 13.0. The van der Waals surface area contributed by atoms with Crippen molar-refractivity contribution in [3.63, 3.8) is 0 Å². The molecule has 1 aliphatic heterocycles. The van der Waals surface area contributed by atoms with Gasteiger partial charge in [0.05, 0.1) is 31.8 Å². The molecule has 192 valence electrons. The lowest BCUT2D eigenvalue weighted by molar-refractivity contribution is -0.143. The van der Waals surface area contributed by atoms with E-state index in [0.717, 1.165) is 12.8 Å². The molecule has 3 aromatic rings. The average molecular weight is 571 g/mol. The molecule has 0 bridgehead atoms. The Bertz CT molecular complexity index is 1480. The molecule has 1 atom stereocenters. The number of halogens is 2. The lowest BCUT2D eigenvalue weighted by atomic mass is 10.0. The summed E-state index contributed by atoms with van der Waals surface area (Å²) in [5.41, 5.74) is 0.691. The molecule has 0 N–H and O–H groups in total. The number of carbonyl (C=O) groups is 2. The first-order valence-electron chi connectivity index (χ1n) is 11.4. The molecule has 4 rings (SSSR count).